The van der Waals surface area contributed by atoms with Crippen LogP contribution < -0.4 is 10.2 Å². The Kier molecular flexibility index (Phi) is 6.45. The van der Waals surface area contributed by atoms with E-state index in [9.17, 15) is 4.79 Å². The fourth-order valence-electron chi connectivity index (χ4n) is 3.03. The zero-order chi connectivity index (χ0) is 17.6. The maximum Gasteiger partial charge on any atom is 0.234 e. The number of aromatic nitrogens is 1. The first-order valence-electron chi connectivity index (χ1n) is 8.57. The van der Waals surface area contributed by atoms with Gasteiger partial charge in [-0.1, -0.05) is 35.0 Å². The van der Waals surface area contributed by atoms with Crippen LogP contribution in [0.3, 0.4) is 0 Å². The van der Waals surface area contributed by atoms with Gasteiger partial charge in [-0.15, -0.1) is 11.3 Å². The molecule has 134 valence electrons. The molecule has 0 saturated carbocycles. The van der Waals surface area contributed by atoms with Gasteiger partial charge in [0.05, 0.1) is 12.6 Å². The highest BCUT2D eigenvalue weighted by Crippen LogP contribution is 2.20. The molecule has 1 atom stereocenters. The Morgan fingerprint density at radius 2 is 2.00 bits per heavy atom. The summed E-state index contributed by atoms with van der Waals surface area (Å²) in [5, 5.41) is 6.25. The van der Waals surface area contributed by atoms with Crippen LogP contribution in [0.2, 0.25) is 0 Å². The second-order valence-electron chi connectivity index (χ2n) is 6.16. The number of piperazine rings is 1. The molecule has 2 heterocycles. The highest BCUT2D eigenvalue weighted by Gasteiger charge is 2.21. The number of nitrogens with one attached hydrogen (secondary N) is 1. The summed E-state index contributed by atoms with van der Waals surface area (Å²) in [5.41, 5.74) is 1.15. The molecule has 0 aliphatic carbocycles. The lowest BCUT2D eigenvalue weighted by Crippen LogP contribution is -2.49. The molecular formula is C18H23BrN4OS. The number of carbonyl (C=O) groups excluding carboxylic acids is 1. The highest BCUT2D eigenvalue weighted by atomic mass is 79.9. The molecule has 7 heteroatoms. The zero-order valence-corrected chi connectivity index (χ0v) is 16.7. The highest BCUT2D eigenvalue weighted by molar-refractivity contribution is 9.10. The van der Waals surface area contributed by atoms with Gasteiger partial charge in [-0.2, -0.15) is 0 Å². The number of anilines is 1. The van der Waals surface area contributed by atoms with E-state index in [0.717, 1.165) is 47.8 Å². The van der Waals surface area contributed by atoms with Gasteiger partial charge in [-0.25, -0.2) is 4.98 Å². The summed E-state index contributed by atoms with van der Waals surface area (Å²) in [6.45, 7) is 6.18. The molecule has 1 N–H and O–H groups in total. The number of benzene rings is 1. The van der Waals surface area contributed by atoms with Crippen LogP contribution in [0.5, 0.6) is 0 Å². The molecule has 1 aliphatic heterocycles. The van der Waals surface area contributed by atoms with Crippen molar-refractivity contribution >= 4 is 38.3 Å². The number of hydrogen-bond donors (Lipinski definition) is 1. The van der Waals surface area contributed by atoms with E-state index in [1.165, 1.54) is 0 Å². The molecule has 2 aromatic rings. The Hall–Kier alpha value is -1.44. The largest absolute Gasteiger partial charge is 0.348 e. The van der Waals surface area contributed by atoms with Crippen LogP contribution in [-0.2, 0) is 4.79 Å². The Bertz CT molecular complexity index is 669. The lowest BCUT2D eigenvalue weighted by atomic mass is 10.0. The standard InChI is InChI=1S/C18H23BrN4OS/c1-2-16(14-3-5-15(19)6-4-14)21-17(24)13-22-8-10-23(11-9-22)18-20-7-12-25-18/h3-7,12,16H,2,8-11,13H2,1H3,(H,21,24)/t16-/m0/s1. The van der Waals surface area contributed by atoms with Crippen molar-refractivity contribution in [2.75, 3.05) is 37.6 Å². The van der Waals surface area contributed by atoms with E-state index >= 15 is 0 Å². The number of rotatable bonds is 6. The summed E-state index contributed by atoms with van der Waals surface area (Å²) in [6, 6.07) is 8.22. The van der Waals surface area contributed by atoms with Gasteiger partial charge < -0.3 is 10.2 Å². The normalized spacial score (nSPS) is 16.6. The van der Waals surface area contributed by atoms with E-state index in [2.05, 4.69) is 55.1 Å². The average Bonchev–Trinajstić information content (AvgIpc) is 3.16. The molecule has 1 amide bonds. The van der Waals surface area contributed by atoms with Crippen molar-refractivity contribution in [2.24, 2.45) is 0 Å². The zero-order valence-electron chi connectivity index (χ0n) is 14.3. The van der Waals surface area contributed by atoms with Crippen LogP contribution in [0.4, 0.5) is 5.13 Å². The van der Waals surface area contributed by atoms with E-state index in [1.54, 1.807) is 11.3 Å². The van der Waals surface area contributed by atoms with Crippen molar-refractivity contribution in [2.45, 2.75) is 19.4 Å². The first kappa shape index (κ1) is 18.4. The lowest BCUT2D eigenvalue weighted by Gasteiger charge is -2.34. The van der Waals surface area contributed by atoms with Crippen molar-refractivity contribution in [3.63, 3.8) is 0 Å². The molecule has 25 heavy (non-hydrogen) atoms. The first-order chi connectivity index (χ1) is 12.2. The van der Waals surface area contributed by atoms with Crippen LogP contribution >= 0.6 is 27.3 Å². The maximum absolute atomic E-state index is 12.4. The third-order valence-corrected chi connectivity index (χ3v) is 5.81. The van der Waals surface area contributed by atoms with Crippen LogP contribution in [0.15, 0.2) is 40.3 Å². The summed E-state index contributed by atoms with van der Waals surface area (Å²) < 4.78 is 1.05. The van der Waals surface area contributed by atoms with Crippen molar-refractivity contribution in [1.82, 2.24) is 15.2 Å². The minimum absolute atomic E-state index is 0.0669. The summed E-state index contributed by atoms with van der Waals surface area (Å²) >= 11 is 5.12. The van der Waals surface area contributed by atoms with Gasteiger partial charge in [-0.3, -0.25) is 9.69 Å². The SMILES string of the molecule is CC[C@H](NC(=O)CN1CCN(c2nccs2)CC1)c1ccc(Br)cc1. The van der Waals surface area contributed by atoms with Gasteiger partial charge in [0.1, 0.15) is 0 Å². The molecule has 0 bridgehead atoms. The lowest BCUT2D eigenvalue weighted by molar-refractivity contribution is -0.123. The van der Waals surface area contributed by atoms with Crippen molar-refractivity contribution in [1.29, 1.82) is 0 Å². The molecule has 1 aromatic heterocycles. The molecule has 1 saturated heterocycles. The van der Waals surface area contributed by atoms with E-state index < -0.39 is 0 Å². The number of nitrogens with zero attached hydrogens (tertiary/aromatic N) is 3. The van der Waals surface area contributed by atoms with Crippen molar-refractivity contribution in [3.05, 3.63) is 45.9 Å². The van der Waals surface area contributed by atoms with Crippen LogP contribution in [-0.4, -0.2) is 48.5 Å². The van der Waals surface area contributed by atoms with E-state index in [0.29, 0.717) is 6.54 Å². The fourth-order valence-corrected chi connectivity index (χ4v) is 3.99. The Labute approximate surface area is 161 Å². The summed E-state index contributed by atoms with van der Waals surface area (Å²) in [5.74, 6) is 0.0949. The quantitative estimate of drug-likeness (QED) is 0.775. The molecular weight excluding hydrogens is 400 g/mol. The maximum atomic E-state index is 12.4. The average molecular weight is 423 g/mol. The van der Waals surface area contributed by atoms with Crippen molar-refractivity contribution in [3.8, 4) is 0 Å². The minimum atomic E-state index is 0.0669. The number of thiazole rings is 1. The van der Waals surface area contributed by atoms with E-state index in [4.69, 9.17) is 0 Å². The molecule has 0 spiro atoms. The summed E-state index contributed by atoms with van der Waals surface area (Å²) in [6.07, 6.45) is 2.72. The molecule has 3 rings (SSSR count). The molecule has 1 aromatic carbocycles. The topological polar surface area (TPSA) is 48.5 Å². The number of carbonyl (C=O) groups is 1. The number of halogens is 1. The Morgan fingerprint density at radius 1 is 1.28 bits per heavy atom. The number of amides is 1. The Balaban J connectivity index is 1.48. The van der Waals surface area contributed by atoms with Gasteiger partial charge in [0, 0.05) is 42.2 Å². The van der Waals surface area contributed by atoms with Crippen LogP contribution in [0.1, 0.15) is 24.9 Å². The van der Waals surface area contributed by atoms with Gasteiger partial charge in [0.25, 0.3) is 0 Å². The smallest absolute Gasteiger partial charge is 0.234 e. The van der Waals surface area contributed by atoms with E-state index in [-0.39, 0.29) is 11.9 Å². The van der Waals surface area contributed by atoms with Gasteiger partial charge >= 0.3 is 0 Å². The minimum Gasteiger partial charge on any atom is -0.348 e. The van der Waals surface area contributed by atoms with Gasteiger partial charge in [-0.05, 0) is 24.1 Å². The number of hydrogen-bond acceptors (Lipinski definition) is 5. The Morgan fingerprint density at radius 3 is 2.60 bits per heavy atom. The monoisotopic (exact) mass is 422 g/mol. The second kappa shape index (κ2) is 8.78. The third-order valence-electron chi connectivity index (χ3n) is 4.45. The molecule has 5 nitrogen and oxygen atoms in total. The predicted molar refractivity (Wildman–Crippen MR) is 106 cm³/mol. The second-order valence-corrected chi connectivity index (χ2v) is 7.95. The van der Waals surface area contributed by atoms with Crippen LogP contribution in [0.25, 0.3) is 0 Å². The first-order valence-corrected chi connectivity index (χ1v) is 10.2. The fraction of sp³-hybridized carbons (Fsp3) is 0.444. The van der Waals surface area contributed by atoms with E-state index in [1.807, 2.05) is 23.7 Å². The third kappa shape index (κ3) is 5.03. The van der Waals surface area contributed by atoms with Gasteiger partial charge in [0.2, 0.25) is 5.91 Å². The molecule has 0 unspecified atom stereocenters. The van der Waals surface area contributed by atoms with Crippen molar-refractivity contribution < 1.29 is 4.79 Å². The summed E-state index contributed by atoms with van der Waals surface area (Å²) in [4.78, 5) is 21.3. The molecule has 1 aliphatic rings. The molecule has 0 radical (unpaired) electrons. The summed E-state index contributed by atoms with van der Waals surface area (Å²) in [7, 11) is 0. The predicted octanol–water partition coefficient (Wildman–Crippen LogP) is 3.30. The molecule has 1 fully saturated rings. The van der Waals surface area contributed by atoms with Crippen LogP contribution in [0, 0.1) is 0 Å². The van der Waals surface area contributed by atoms with Gasteiger partial charge in [0.15, 0.2) is 5.13 Å².